The van der Waals surface area contributed by atoms with E-state index >= 15 is 0 Å². The van der Waals surface area contributed by atoms with Gasteiger partial charge in [0.15, 0.2) is 0 Å². The summed E-state index contributed by atoms with van der Waals surface area (Å²) in [5.41, 5.74) is 14.1. The number of aromatic nitrogens is 1. The summed E-state index contributed by atoms with van der Waals surface area (Å²) in [4.78, 5) is 0. The summed E-state index contributed by atoms with van der Waals surface area (Å²) < 4.78 is 7.85. The van der Waals surface area contributed by atoms with Gasteiger partial charge in [0.05, 0.1) is 11.0 Å². The summed E-state index contributed by atoms with van der Waals surface area (Å²) in [5, 5.41) is 7.97. The molecule has 0 fully saturated rings. The van der Waals surface area contributed by atoms with E-state index < -0.39 is 0 Å². The Hall–Kier alpha value is -6.00. The van der Waals surface area contributed by atoms with Crippen LogP contribution < -0.4 is 0 Å². The third-order valence-corrected chi connectivity index (χ3v) is 14.3. The van der Waals surface area contributed by atoms with Crippen LogP contribution in [0.4, 0.5) is 0 Å². The highest BCUT2D eigenvalue weighted by Gasteiger charge is 2.38. The van der Waals surface area contributed by atoms with Crippen molar-refractivity contribution in [2.24, 2.45) is 0 Å². The van der Waals surface area contributed by atoms with Gasteiger partial charge in [-0.25, -0.2) is 0 Å². The molecule has 1 aliphatic carbocycles. The van der Waals surface area contributed by atoms with E-state index in [4.69, 9.17) is 0 Å². The van der Waals surface area contributed by atoms with Gasteiger partial charge in [-0.2, -0.15) is 0 Å². The lowest BCUT2D eigenvalue weighted by molar-refractivity contribution is 0.667. The van der Waals surface area contributed by atoms with Crippen molar-refractivity contribution in [3.8, 4) is 39.1 Å². The lowest BCUT2D eigenvalue weighted by Gasteiger charge is -2.22. The molecule has 8 aromatic carbocycles. The molecule has 0 amide bonds. The molecule has 3 heterocycles. The van der Waals surface area contributed by atoms with Crippen molar-refractivity contribution in [1.29, 1.82) is 0 Å². The molecule has 1 nitrogen and oxygen atoms in total. The summed E-state index contributed by atoms with van der Waals surface area (Å²) in [7, 11) is 0. The maximum absolute atomic E-state index is 2.47. The highest BCUT2D eigenvalue weighted by atomic mass is 32.1. The van der Waals surface area contributed by atoms with Crippen molar-refractivity contribution in [3.63, 3.8) is 0 Å². The van der Waals surface area contributed by atoms with E-state index in [9.17, 15) is 0 Å². The summed E-state index contributed by atoms with van der Waals surface area (Å²) in [6, 6.07) is 61.4. The topological polar surface area (TPSA) is 4.93 Å². The molecule has 54 heavy (non-hydrogen) atoms. The molecule has 12 rings (SSSR count). The van der Waals surface area contributed by atoms with Crippen LogP contribution in [0.2, 0.25) is 0 Å². The zero-order valence-electron chi connectivity index (χ0n) is 29.9. The van der Waals surface area contributed by atoms with Crippen LogP contribution in [0.3, 0.4) is 0 Å². The van der Waals surface area contributed by atoms with Gasteiger partial charge in [0, 0.05) is 62.2 Å². The maximum atomic E-state index is 2.47. The van der Waals surface area contributed by atoms with Crippen molar-refractivity contribution in [2.75, 3.05) is 0 Å². The summed E-state index contributed by atoms with van der Waals surface area (Å²) >= 11 is 3.78. The van der Waals surface area contributed by atoms with Crippen molar-refractivity contribution < 1.29 is 0 Å². The molecule has 0 N–H and O–H groups in total. The Balaban J connectivity index is 1.07. The normalized spacial score (nSPS) is 13.5. The number of hydrogen-bond donors (Lipinski definition) is 0. The number of nitrogens with zero attached hydrogens (tertiary/aromatic N) is 1. The average Bonchev–Trinajstić information content (AvgIpc) is 3.94. The molecule has 1 aliphatic rings. The van der Waals surface area contributed by atoms with Gasteiger partial charge in [0.1, 0.15) is 0 Å². The van der Waals surface area contributed by atoms with Crippen molar-refractivity contribution in [3.05, 3.63) is 175 Å². The van der Waals surface area contributed by atoms with Crippen molar-refractivity contribution in [1.82, 2.24) is 4.57 Å². The van der Waals surface area contributed by atoms with Crippen LogP contribution in [0.25, 0.3) is 101 Å². The van der Waals surface area contributed by atoms with Gasteiger partial charge in [0.2, 0.25) is 0 Å². The molecule has 0 spiro atoms. The van der Waals surface area contributed by atoms with Crippen LogP contribution in [0, 0.1) is 0 Å². The van der Waals surface area contributed by atoms with Gasteiger partial charge < -0.3 is 4.57 Å². The van der Waals surface area contributed by atoms with E-state index in [1.165, 1.54) is 112 Å². The van der Waals surface area contributed by atoms with Crippen molar-refractivity contribution >= 4 is 84.8 Å². The van der Waals surface area contributed by atoms with E-state index in [2.05, 4.69) is 182 Å². The van der Waals surface area contributed by atoms with Crippen LogP contribution >= 0.6 is 22.7 Å². The first-order valence-electron chi connectivity index (χ1n) is 18.7. The Kier molecular flexibility index (Phi) is 6.22. The second-order valence-electron chi connectivity index (χ2n) is 15.3. The highest BCUT2D eigenvalue weighted by Crippen LogP contribution is 2.54. The van der Waals surface area contributed by atoms with Crippen LogP contribution in [0.5, 0.6) is 0 Å². The van der Waals surface area contributed by atoms with Crippen LogP contribution in [0.1, 0.15) is 25.0 Å². The first-order chi connectivity index (χ1) is 26.5. The zero-order chi connectivity index (χ0) is 35.7. The molecule has 0 saturated heterocycles. The first-order valence-corrected chi connectivity index (χ1v) is 20.3. The lowest BCUT2D eigenvalue weighted by Crippen LogP contribution is -2.15. The van der Waals surface area contributed by atoms with Gasteiger partial charge in [-0.05, 0) is 111 Å². The minimum Gasteiger partial charge on any atom is -0.309 e. The van der Waals surface area contributed by atoms with E-state index in [0.717, 1.165) is 0 Å². The lowest BCUT2D eigenvalue weighted by atomic mass is 9.80. The number of thiophene rings is 2. The highest BCUT2D eigenvalue weighted by molar-refractivity contribution is 7.26. The number of rotatable bonds is 3. The first kappa shape index (κ1) is 30.5. The standard InChI is InChI=1S/C51H33NS2/c1-51(2)42-21-16-32(26-38(42)36-20-25-48-49(50(36)51)37-13-7-9-15-46(37)54-48)33-18-23-44-40(28-33)39-27-31(30-10-4-3-5-11-30)17-22-43(39)52(44)34-19-24-47-41(29-34)35-12-6-8-14-45(35)53-47/h3-29H,1-2H3. The third kappa shape index (κ3) is 4.20. The molecule has 254 valence electrons. The number of benzene rings is 8. The van der Waals surface area contributed by atoms with E-state index in [0.29, 0.717) is 0 Å². The Morgan fingerprint density at radius 2 is 1.00 bits per heavy atom. The van der Waals surface area contributed by atoms with E-state index in [1.807, 2.05) is 22.7 Å². The molecule has 3 heteroatoms. The third-order valence-electron chi connectivity index (χ3n) is 12.0. The minimum absolute atomic E-state index is 0.0906. The summed E-state index contributed by atoms with van der Waals surface area (Å²) in [5.74, 6) is 0. The Morgan fingerprint density at radius 3 is 1.78 bits per heavy atom. The Bertz CT molecular complexity index is 3350. The van der Waals surface area contributed by atoms with E-state index in [-0.39, 0.29) is 5.41 Å². The molecular formula is C51H33NS2. The SMILES string of the molecule is CC1(C)c2ccc(-c3ccc4c(c3)c3cc(-c5ccccc5)ccc3n4-c3ccc4sc5ccccc5c4c3)cc2-c2ccc3sc4ccccc4c3c21. The fraction of sp³-hybridized carbons (Fsp3) is 0.0588. The quantitative estimate of drug-likeness (QED) is 0.171. The number of fused-ring (bicyclic) bond motifs is 13. The largest absolute Gasteiger partial charge is 0.309 e. The van der Waals surface area contributed by atoms with Crippen LogP contribution in [-0.2, 0) is 5.41 Å². The second-order valence-corrected chi connectivity index (χ2v) is 17.5. The molecule has 0 atom stereocenters. The van der Waals surface area contributed by atoms with Gasteiger partial charge >= 0.3 is 0 Å². The summed E-state index contributed by atoms with van der Waals surface area (Å²) in [6.45, 7) is 4.81. The Labute approximate surface area is 321 Å². The van der Waals surface area contributed by atoms with Gasteiger partial charge in [0.25, 0.3) is 0 Å². The molecular weight excluding hydrogens is 691 g/mol. The molecule has 0 saturated carbocycles. The monoisotopic (exact) mass is 723 g/mol. The minimum atomic E-state index is -0.0906. The van der Waals surface area contributed by atoms with Crippen LogP contribution in [0.15, 0.2) is 164 Å². The fourth-order valence-electron chi connectivity index (χ4n) is 9.46. The maximum Gasteiger partial charge on any atom is 0.0541 e. The Morgan fingerprint density at radius 1 is 0.407 bits per heavy atom. The van der Waals surface area contributed by atoms with Gasteiger partial charge in [-0.1, -0.05) is 111 Å². The van der Waals surface area contributed by atoms with E-state index in [1.54, 1.807) is 0 Å². The predicted octanol–water partition coefficient (Wildman–Crippen LogP) is 15.2. The molecule has 0 aliphatic heterocycles. The second kappa shape index (κ2) is 11.0. The molecule has 0 unspecified atom stereocenters. The fourth-order valence-corrected chi connectivity index (χ4v) is 11.7. The van der Waals surface area contributed by atoms with Crippen LogP contribution in [-0.4, -0.2) is 4.57 Å². The molecule has 0 radical (unpaired) electrons. The zero-order valence-corrected chi connectivity index (χ0v) is 31.5. The predicted molar refractivity (Wildman–Crippen MR) is 235 cm³/mol. The number of hydrogen-bond acceptors (Lipinski definition) is 2. The van der Waals surface area contributed by atoms with Gasteiger partial charge in [-0.3, -0.25) is 0 Å². The molecule has 3 aromatic heterocycles. The average molecular weight is 724 g/mol. The van der Waals surface area contributed by atoms with Gasteiger partial charge in [-0.15, -0.1) is 22.7 Å². The molecule has 0 bridgehead atoms. The summed E-state index contributed by atoms with van der Waals surface area (Å²) in [6.07, 6.45) is 0. The molecule has 11 aromatic rings. The smallest absolute Gasteiger partial charge is 0.0541 e. The van der Waals surface area contributed by atoms with Crippen molar-refractivity contribution in [2.45, 2.75) is 19.3 Å².